The number of hydrogen-bond donors (Lipinski definition) is 0. The van der Waals surface area contributed by atoms with E-state index in [1.54, 1.807) is 5.56 Å². The molecular weight excluding hydrogens is 132 g/mol. The summed E-state index contributed by atoms with van der Waals surface area (Å²) >= 11 is 0. The zero-order valence-corrected chi connectivity index (χ0v) is 6.88. The average Bonchev–Trinajstić information content (AvgIpc) is 2.87. The second-order valence-electron chi connectivity index (χ2n) is 3.19. The molecule has 0 atom stereocenters. The van der Waals surface area contributed by atoms with E-state index in [0.29, 0.717) is 0 Å². The highest BCUT2D eigenvalue weighted by atomic mass is 14.3. The summed E-state index contributed by atoms with van der Waals surface area (Å²) in [4.78, 5) is 0. The van der Waals surface area contributed by atoms with Gasteiger partial charge in [0.05, 0.1) is 0 Å². The van der Waals surface area contributed by atoms with E-state index in [4.69, 9.17) is 0 Å². The van der Waals surface area contributed by atoms with E-state index in [0.717, 1.165) is 5.92 Å². The molecule has 1 aromatic rings. The quantitative estimate of drug-likeness (QED) is 0.599. The summed E-state index contributed by atoms with van der Waals surface area (Å²) in [5.74, 6) is 0.877. The summed E-state index contributed by atoms with van der Waals surface area (Å²) in [6.07, 6.45) is 4.99. The highest BCUT2D eigenvalue weighted by Gasteiger charge is 2.24. The van der Waals surface area contributed by atoms with Crippen LogP contribution in [0.25, 0.3) is 0 Å². The van der Waals surface area contributed by atoms with Crippen LogP contribution in [0.3, 0.4) is 0 Å². The second kappa shape index (κ2) is 2.69. The third-order valence-electron chi connectivity index (χ3n) is 2.32. The predicted octanol–water partition coefficient (Wildman–Crippen LogP) is 3.14. The summed E-state index contributed by atoms with van der Waals surface area (Å²) in [7, 11) is 0. The molecule has 1 radical (unpaired) electrons. The summed E-state index contributed by atoms with van der Waals surface area (Å²) in [6, 6.07) is 8.71. The van der Waals surface area contributed by atoms with Crippen LogP contribution in [0.15, 0.2) is 24.3 Å². The van der Waals surface area contributed by atoms with Crippen LogP contribution in [-0.2, 0) is 0 Å². The first kappa shape index (κ1) is 6.90. The fourth-order valence-corrected chi connectivity index (χ4v) is 1.54. The molecule has 0 amide bonds. The van der Waals surface area contributed by atoms with Crippen molar-refractivity contribution in [2.45, 2.75) is 25.7 Å². The lowest BCUT2D eigenvalue weighted by atomic mass is 10.0. The number of hydrogen-bond acceptors (Lipinski definition) is 0. The van der Waals surface area contributed by atoms with Crippen molar-refractivity contribution in [3.05, 3.63) is 41.8 Å². The summed E-state index contributed by atoms with van der Waals surface area (Å²) < 4.78 is 0. The van der Waals surface area contributed by atoms with E-state index < -0.39 is 0 Å². The number of rotatable bonds is 2. The lowest BCUT2D eigenvalue weighted by Gasteiger charge is -2.03. The van der Waals surface area contributed by atoms with Crippen LogP contribution in [0.2, 0.25) is 0 Å². The molecule has 1 aliphatic carbocycles. The normalized spacial score (nSPS) is 16.8. The van der Waals surface area contributed by atoms with E-state index in [-0.39, 0.29) is 0 Å². The van der Waals surface area contributed by atoms with Gasteiger partial charge in [0.1, 0.15) is 0 Å². The van der Waals surface area contributed by atoms with E-state index in [1.807, 2.05) is 0 Å². The molecule has 1 aromatic carbocycles. The zero-order chi connectivity index (χ0) is 7.68. The largest absolute Gasteiger partial charge is 0.0620 e. The van der Waals surface area contributed by atoms with Crippen molar-refractivity contribution < 1.29 is 0 Å². The lowest BCUT2D eigenvalue weighted by Crippen LogP contribution is -1.86. The highest BCUT2D eigenvalue weighted by molar-refractivity contribution is 5.37. The fourth-order valence-electron chi connectivity index (χ4n) is 1.54. The Kier molecular flexibility index (Phi) is 1.69. The molecule has 1 saturated carbocycles. The third-order valence-corrected chi connectivity index (χ3v) is 2.32. The second-order valence-corrected chi connectivity index (χ2v) is 3.19. The Morgan fingerprint density at radius 1 is 1.27 bits per heavy atom. The fraction of sp³-hybridized carbons (Fsp3) is 0.364. The maximum Gasteiger partial charge on any atom is -0.0121 e. The van der Waals surface area contributed by atoms with Gasteiger partial charge in [-0.2, -0.15) is 0 Å². The van der Waals surface area contributed by atoms with Crippen molar-refractivity contribution in [2.75, 3.05) is 0 Å². The molecule has 0 N–H and O–H groups in total. The smallest absolute Gasteiger partial charge is 0.0121 e. The molecule has 0 aliphatic heterocycles. The van der Waals surface area contributed by atoms with Gasteiger partial charge in [0.25, 0.3) is 0 Å². The van der Waals surface area contributed by atoms with Crippen LogP contribution in [0.4, 0.5) is 0 Å². The molecule has 0 nitrogen and oxygen atoms in total. The zero-order valence-electron chi connectivity index (χ0n) is 6.88. The summed E-state index contributed by atoms with van der Waals surface area (Å²) in [5, 5.41) is 0. The van der Waals surface area contributed by atoms with Crippen LogP contribution in [-0.4, -0.2) is 0 Å². The minimum absolute atomic E-state index is 0.877. The van der Waals surface area contributed by atoms with Crippen molar-refractivity contribution in [2.24, 2.45) is 0 Å². The summed E-state index contributed by atoms with van der Waals surface area (Å²) in [6.45, 7) is 2.11. The molecule has 57 valence electrons. The van der Waals surface area contributed by atoms with Crippen LogP contribution in [0, 0.1) is 6.42 Å². The van der Waals surface area contributed by atoms with Crippen LogP contribution < -0.4 is 0 Å². The maximum absolute atomic E-state index is 2.26. The SMILES string of the molecule is C[CH]c1ccccc1C1CC1. The van der Waals surface area contributed by atoms with E-state index >= 15 is 0 Å². The molecule has 0 aromatic heterocycles. The lowest BCUT2D eigenvalue weighted by molar-refractivity contribution is 1.10. The van der Waals surface area contributed by atoms with Gasteiger partial charge in [0.15, 0.2) is 0 Å². The van der Waals surface area contributed by atoms with E-state index in [9.17, 15) is 0 Å². The Bertz CT molecular complexity index is 246. The van der Waals surface area contributed by atoms with Gasteiger partial charge in [-0.25, -0.2) is 0 Å². The Hall–Kier alpha value is -0.780. The monoisotopic (exact) mass is 145 g/mol. The molecule has 11 heavy (non-hydrogen) atoms. The molecule has 0 heterocycles. The first-order valence-electron chi connectivity index (χ1n) is 4.30. The van der Waals surface area contributed by atoms with E-state index in [2.05, 4.69) is 37.6 Å². The van der Waals surface area contributed by atoms with Gasteiger partial charge in [-0.3, -0.25) is 0 Å². The standard InChI is InChI=1S/C11H13/c1-2-9-5-3-4-6-11(9)10-7-8-10/h2-6,10H,7-8H2,1H3. The Morgan fingerprint density at radius 3 is 2.64 bits per heavy atom. The van der Waals surface area contributed by atoms with Crippen molar-refractivity contribution in [1.29, 1.82) is 0 Å². The predicted molar refractivity (Wildman–Crippen MR) is 47.5 cm³/mol. The Labute approximate surface area is 68.3 Å². The molecule has 2 rings (SSSR count). The van der Waals surface area contributed by atoms with Gasteiger partial charge in [0, 0.05) is 0 Å². The average molecular weight is 145 g/mol. The molecule has 0 unspecified atom stereocenters. The molecule has 1 fully saturated rings. The summed E-state index contributed by atoms with van der Waals surface area (Å²) in [5.41, 5.74) is 2.98. The van der Waals surface area contributed by atoms with Crippen LogP contribution in [0.5, 0.6) is 0 Å². The first-order chi connectivity index (χ1) is 5.42. The molecule has 0 spiro atoms. The van der Waals surface area contributed by atoms with Gasteiger partial charge in [-0.15, -0.1) is 0 Å². The molecule has 0 heteroatoms. The van der Waals surface area contributed by atoms with Gasteiger partial charge in [0.2, 0.25) is 0 Å². The third kappa shape index (κ3) is 1.30. The first-order valence-corrected chi connectivity index (χ1v) is 4.30. The topological polar surface area (TPSA) is 0 Å². The highest BCUT2D eigenvalue weighted by Crippen LogP contribution is 2.41. The minimum atomic E-state index is 0.877. The van der Waals surface area contributed by atoms with Gasteiger partial charge in [-0.1, -0.05) is 31.2 Å². The Morgan fingerprint density at radius 2 is 2.00 bits per heavy atom. The Balaban J connectivity index is 2.34. The van der Waals surface area contributed by atoms with Crippen molar-refractivity contribution in [3.8, 4) is 0 Å². The molecule has 0 saturated heterocycles. The van der Waals surface area contributed by atoms with Crippen molar-refractivity contribution >= 4 is 0 Å². The molecular formula is C11H13. The van der Waals surface area contributed by atoms with Gasteiger partial charge >= 0.3 is 0 Å². The van der Waals surface area contributed by atoms with Gasteiger partial charge < -0.3 is 0 Å². The maximum atomic E-state index is 2.26. The molecule has 1 aliphatic rings. The molecule has 0 bridgehead atoms. The van der Waals surface area contributed by atoms with Crippen LogP contribution >= 0.6 is 0 Å². The van der Waals surface area contributed by atoms with Crippen LogP contribution in [0.1, 0.15) is 36.8 Å². The number of benzene rings is 1. The minimum Gasteiger partial charge on any atom is -0.0620 e. The van der Waals surface area contributed by atoms with Gasteiger partial charge in [-0.05, 0) is 36.3 Å². The van der Waals surface area contributed by atoms with Crippen molar-refractivity contribution in [3.63, 3.8) is 0 Å². The van der Waals surface area contributed by atoms with Crippen molar-refractivity contribution in [1.82, 2.24) is 0 Å². The van der Waals surface area contributed by atoms with E-state index in [1.165, 1.54) is 18.4 Å².